The Morgan fingerprint density at radius 1 is 0.881 bits per heavy atom. The molecule has 0 spiro atoms. The van der Waals surface area contributed by atoms with Crippen LogP contribution in [0.25, 0.3) is 11.0 Å². The van der Waals surface area contributed by atoms with Crippen LogP contribution in [-0.4, -0.2) is 71.6 Å². The van der Waals surface area contributed by atoms with Crippen LogP contribution in [0.15, 0.2) is 79.3 Å². The number of imidazole rings is 1. The predicted molar refractivity (Wildman–Crippen MR) is 157 cm³/mol. The fraction of sp³-hybridized carbons (Fsp3) is 0.200. The molecule has 212 valence electrons. The van der Waals surface area contributed by atoms with Crippen molar-refractivity contribution in [1.82, 2.24) is 34.3 Å². The van der Waals surface area contributed by atoms with Crippen LogP contribution < -0.4 is 0 Å². The molecule has 3 aromatic carbocycles. The summed E-state index contributed by atoms with van der Waals surface area (Å²) in [6.45, 7) is 2.13. The van der Waals surface area contributed by atoms with E-state index in [4.69, 9.17) is 23.2 Å². The zero-order valence-corrected chi connectivity index (χ0v) is 23.9. The zero-order chi connectivity index (χ0) is 29.2. The number of aryl methyl sites for hydroxylation is 2. The van der Waals surface area contributed by atoms with E-state index in [1.165, 1.54) is 11.0 Å². The molecule has 1 saturated heterocycles. The Bertz CT molecular complexity index is 1820. The summed E-state index contributed by atoms with van der Waals surface area (Å²) < 4.78 is 3.81. The van der Waals surface area contributed by atoms with Gasteiger partial charge in [-0.05, 0) is 36.4 Å². The quantitative estimate of drug-likeness (QED) is 0.245. The number of carbonyl (C=O) groups is 3. The number of halogens is 2. The van der Waals surface area contributed by atoms with Crippen molar-refractivity contribution in [2.24, 2.45) is 0 Å². The monoisotopic (exact) mass is 601 g/mol. The average Bonchev–Trinajstić information content (AvgIpc) is 3.64. The molecule has 0 aliphatic carbocycles. The largest absolute Gasteiger partial charge is 0.333 e. The van der Waals surface area contributed by atoms with Crippen LogP contribution in [0.5, 0.6) is 0 Å². The average molecular weight is 602 g/mol. The molecular formula is C30H25Cl2N7O3. The van der Waals surface area contributed by atoms with Crippen molar-refractivity contribution >= 4 is 51.8 Å². The van der Waals surface area contributed by atoms with Gasteiger partial charge in [-0.2, -0.15) is 0 Å². The second kappa shape index (κ2) is 11.8. The number of para-hydroxylation sites is 2. The number of piperazine rings is 1. The Labute approximate surface area is 251 Å². The molecule has 42 heavy (non-hydrogen) atoms. The first kappa shape index (κ1) is 27.6. The van der Waals surface area contributed by atoms with Crippen LogP contribution in [-0.2, 0) is 24.4 Å². The van der Waals surface area contributed by atoms with Crippen molar-refractivity contribution in [2.45, 2.75) is 19.6 Å². The molecule has 1 aliphatic rings. The summed E-state index contributed by atoms with van der Waals surface area (Å²) >= 11 is 12.1. The van der Waals surface area contributed by atoms with Gasteiger partial charge in [-0.1, -0.05) is 58.7 Å². The number of amides is 2. The molecule has 0 bridgehead atoms. The SMILES string of the molecule is O=C(c1ccc(Cl)c(Cl)c1)c1ccccc1C(=O)N1CCN(Cc2cn(CCn3cnc4ccccc43)nn2)C(=O)C1. The molecule has 0 N–H and O–H groups in total. The molecule has 0 unspecified atom stereocenters. The lowest BCUT2D eigenvalue weighted by Crippen LogP contribution is -2.52. The van der Waals surface area contributed by atoms with Crippen molar-refractivity contribution in [3.05, 3.63) is 112 Å². The normalized spacial score (nSPS) is 13.6. The molecule has 3 heterocycles. The lowest BCUT2D eigenvalue weighted by atomic mass is 9.97. The first-order valence-electron chi connectivity index (χ1n) is 13.3. The summed E-state index contributed by atoms with van der Waals surface area (Å²) in [5.41, 5.74) is 3.43. The van der Waals surface area contributed by atoms with E-state index in [0.717, 1.165) is 11.0 Å². The second-order valence-corrected chi connectivity index (χ2v) is 10.8. The Hall–Kier alpha value is -4.54. The number of carbonyl (C=O) groups excluding carboxylic acids is 3. The van der Waals surface area contributed by atoms with Crippen molar-refractivity contribution < 1.29 is 14.4 Å². The number of nitrogens with zero attached hydrogens (tertiary/aromatic N) is 7. The van der Waals surface area contributed by atoms with Crippen LogP contribution in [0, 0.1) is 0 Å². The summed E-state index contributed by atoms with van der Waals surface area (Å²) in [5.74, 6) is -0.945. The Morgan fingerprint density at radius 2 is 1.67 bits per heavy atom. The van der Waals surface area contributed by atoms with Gasteiger partial charge in [-0.3, -0.25) is 19.1 Å². The zero-order valence-electron chi connectivity index (χ0n) is 22.4. The molecule has 2 amide bonds. The highest BCUT2D eigenvalue weighted by atomic mass is 35.5. The van der Waals surface area contributed by atoms with E-state index in [9.17, 15) is 14.4 Å². The van der Waals surface area contributed by atoms with E-state index >= 15 is 0 Å². The van der Waals surface area contributed by atoms with Gasteiger partial charge in [0, 0.05) is 30.8 Å². The van der Waals surface area contributed by atoms with Gasteiger partial charge in [0.05, 0.1) is 52.3 Å². The van der Waals surface area contributed by atoms with E-state index in [2.05, 4.69) is 19.9 Å². The molecule has 1 aliphatic heterocycles. The topological polar surface area (TPSA) is 106 Å². The van der Waals surface area contributed by atoms with Gasteiger partial charge in [0.2, 0.25) is 5.91 Å². The van der Waals surface area contributed by atoms with E-state index in [1.807, 2.05) is 36.8 Å². The Morgan fingerprint density at radius 3 is 2.48 bits per heavy atom. The van der Waals surface area contributed by atoms with Gasteiger partial charge in [0.15, 0.2) is 5.78 Å². The number of hydrogen-bond acceptors (Lipinski definition) is 6. The van der Waals surface area contributed by atoms with E-state index in [1.54, 1.807) is 46.0 Å². The Balaban J connectivity index is 1.08. The van der Waals surface area contributed by atoms with Crippen molar-refractivity contribution in [3.63, 3.8) is 0 Å². The summed E-state index contributed by atoms with van der Waals surface area (Å²) in [6, 6.07) is 19.1. The molecule has 1 fully saturated rings. The summed E-state index contributed by atoms with van der Waals surface area (Å²) in [6.07, 6.45) is 3.64. The first-order chi connectivity index (χ1) is 20.4. The van der Waals surface area contributed by atoms with Crippen molar-refractivity contribution in [3.8, 4) is 0 Å². The van der Waals surface area contributed by atoms with E-state index in [0.29, 0.717) is 49.0 Å². The predicted octanol–water partition coefficient (Wildman–Crippen LogP) is 4.35. The Kier molecular flexibility index (Phi) is 7.73. The van der Waals surface area contributed by atoms with Crippen LogP contribution in [0.4, 0.5) is 0 Å². The molecule has 0 radical (unpaired) electrons. The fourth-order valence-corrected chi connectivity index (χ4v) is 5.29. The van der Waals surface area contributed by atoms with Crippen LogP contribution in [0.3, 0.4) is 0 Å². The molecule has 12 heteroatoms. The standard InChI is InChI=1S/C30H25Cl2N7O3/c31-24-10-9-20(15-25(24)32)29(41)22-5-1-2-6-23(22)30(42)37-12-11-36(28(40)18-37)16-21-17-39(35-34-21)14-13-38-19-33-26-7-3-4-8-27(26)38/h1-10,15,17,19H,11-14,16,18H2. The van der Waals surface area contributed by atoms with Gasteiger partial charge < -0.3 is 14.4 Å². The highest BCUT2D eigenvalue weighted by Gasteiger charge is 2.30. The van der Waals surface area contributed by atoms with Crippen LogP contribution >= 0.6 is 23.2 Å². The van der Waals surface area contributed by atoms with Crippen molar-refractivity contribution in [1.29, 1.82) is 0 Å². The first-order valence-corrected chi connectivity index (χ1v) is 14.1. The number of aromatic nitrogens is 5. The number of ketones is 1. The van der Waals surface area contributed by atoms with E-state index in [-0.39, 0.29) is 40.3 Å². The number of fused-ring (bicyclic) bond motifs is 1. The molecule has 0 saturated carbocycles. The maximum atomic E-state index is 13.5. The molecule has 2 aromatic heterocycles. The van der Waals surface area contributed by atoms with Gasteiger partial charge in [0.25, 0.3) is 5.91 Å². The highest BCUT2D eigenvalue weighted by Crippen LogP contribution is 2.25. The maximum absolute atomic E-state index is 13.5. The van der Waals surface area contributed by atoms with Crippen molar-refractivity contribution in [2.75, 3.05) is 19.6 Å². The lowest BCUT2D eigenvalue weighted by molar-refractivity contribution is -0.135. The van der Waals surface area contributed by atoms with Gasteiger partial charge in [-0.25, -0.2) is 4.98 Å². The van der Waals surface area contributed by atoms with Crippen LogP contribution in [0.1, 0.15) is 32.0 Å². The van der Waals surface area contributed by atoms with Gasteiger partial charge in [-0.15, -0.1) is 5.10 Å². The van der Waals surface area contributed by atoms with Gasteiger partial charge in [0.1, 0.15) is 12.2 Å². The molecule has 5 aromatic rings. The fourth-order valence-electron chi connectivity index (χ4n) is 4.99. The molecule has 10 nitrogen and oxygen atoms in total. The molecular weight excluding hydrogens is 577 g/mol. The number of rotatable bonds is 8. The minimum atomic E-state index is -0.384. The molecule has 6 rings (SSSR count). The maximum Gasteiger partial charge on any atom is 0.255 e. The van der Waals surface area contributed by atoms with Gasteiger partial charge >= 0.3 is 0 Å². The minimum absolute atomic E-state index is 0.101. The summed E-state index contributed by atoms with van der Waals surface area (Å²) in [5, 5.41) is 9.03. The number of hydrogen-bond donors (Lipinski definition) is 0. The second-order valence-electron chi connectivity index (χ2n) is 9.95. The number of benzene rings is 3. The summed E-state index contributed by atoms with van der Waals surface area (Å²) in [7, 11) is 0. The highest BCUT2D eigenvalue weighted by molar-refractivity contribution is 6.42. The third kappa shape index (κ3) is 5.63. The van der Waals surface area contributed by atoms with E-state index < -0.39 is 0 Å². The lowest BCUT2D eigenvalue weighted by Gasteiger charge is -2.34. The third-order valence-electron chi connectivity index (χ3n) is 7.23. The summed E-state index contributed by atoms with van der Waals surface area (Å²) in [4.78, 5) is 47.3. The minimum Gasteiger partial charge on any atom is -0.333 e. The molecule has 0 atom stereocenters. The third-order valence-corrected chi connectivity index (χ3v) is 7.97. The smallest absolute Gasteiger partial charge is 0.255 e. The van der Waals surface area contributed by atoms with Crippen LogP contribution in [0.2, 0.25) is 10.0 Å².